The lowest BCUT2D eigenvalue weighted by molar-refractivity contribution is 0.0691. The highest BCUT2D eigenvalue weighted by Crippen LogP contribution is 2.24. The highest BCUT2D eigenvalue weighted by molar-refractivity contribution is 5.91. The van der Waals surface area contributed by atoms with Gasteiger partial charge in [0.05, 0.1) is 18.2 Å². The number of para-hydroxylation sites is 1. The molecule has 1 heterocycles. The molecule has 1 aromatic heterocycles. The minimum atomic E-state index is -0.987. The Morgan fingerprint density at radius 1 is 1.50 bits per heavy atom. The molecule has 0 aliphatic heterocycles. The summed E-state index contributed by atoms with van der Waals surface area (Å²) >= 11 is 0. The quantitative estimate of drug-likeness (QED) is 0.896. The SMILES string of the molecule is Cc1cccc(C(=O)O)c1OCc1cncn1C. The van der Waals surface area contributed by atoms with E-state index in [9.17, 15) is 4.79 Å². The van der Waals surface area contributed by atoms with E-state index in [1.165, 1.54) is 6.07 Å². The van der Waals surface area contributed by atoms with Crippen molar-refractivity contribution in [1.82, 2.24) is 9.55 Å². The average molecular weight is 246 g/mol. The van der Waals surface area contributed by atoms with Crippen LogP contribution in [0.15, 0.2) is 30.7 Å². The molecule has 0 amide bonds. The minimum absolute atomic E-state index is 0.178. The van der Waals surface area contributed by atoms with Gasteiger partial charge in [-0.25, -0.2) is 9.78 Å². The first-order valence-corrected chi connectivity index (χ1v) is 5.50. The fraction of sp³-hybridized carbons (Fsp3) is 0.231. The number of carboxylic acids is 1. The van der Waals surface area contributed by atoms with Crippen molar-refractivity contribution in [3.05, 3.63) is 47.5 Å². The zero-order valence-corrected chi connectivity index (χ0v) is 10.3. The van der Waals surface area contributed by atoms with E-state index in [0.29, 0.717) is 12.4 Å². The highest BCUT2D eigenvalue weighted by Gasteiger charge is 2.13. The number of carbonyl (C=O) groups is 1. The summed E-state index contributed by atoms with van der Waals surface area (Å²) in [6.07, 6.45) is 3.37. The molecular formula is C13H14N2O3. The number of aromatic carboxylic acids is 1. The van der Waals surface area contributed by atoms with Gasteiger partial charge in [-0.05, 0) is 18.6 Å². The molecule has 0 aliphatic rings. The van der Waals surface area contributed by atoms with Gasteiger partial charge in [0.25, 0.3) is 0 Å². The van der Waals surface area contributed by atoms with E-state index in [0.717, 1.165) is 11.3 Å². The van der Waals surface area contributed by atoms with Gasteiger partial charge in [0.15, 0.2) is 0 Å². The Morgan fingerprint density at radius 2 is 2.28 bits per heavy atom. The predicted octanol–water partition coefficient (Wildman–Crippen LogP) is 2.01. The predicted molar refractivity (Wildman–Crippen MR) is 65.7 cm³/mol. The number of hydrogen-bond donors (Lipinski definition) is 1. The first-order chi connectivity index (χ1) is 8.59. The van der Waals surface area contributed by atoms with Crippen molar-refractivity contribution in [2.45, 2.75) is 13.5 Å². The molecule has 0 radical (unpaired) electrons. The van der Waals surface area contributed by atoms with E-state index in [1.807, 2.05) is 24.6 Å². The maximum atomic E-state index is 11.1. The first kappa shape index (κ1) is 12.2. The third kappa shape index (κ3) is 2.34. The Hall–Kier alpha value is -2.30. The molecule has 0 saturated carbocycles. The molecule has 0 bridgehead atoms. The molecule has 94 valence electrons. The standard InChI is InChI=1S/C13H14N2O3/c1-9-4-3-5-11(13(16)17)12(9)18-7-10-6-14-8-15(10)2/h3-6,8H,7H2,1-2H3,(H,16,17). The van der Waals surface area contributed by atoms with Gasteiger partial charge < -0.3 is 14.4 Å². The van der Waals surface area contributed by atoms with E-state index >= 15 is 0 Å². The van der Waals surface area contributed by atoms with Crippen LogP contribution >= 0.6 is 0 Å². The molecule has 0 fully saturated rings. The lowest BCUT2D eigenvalue weighted by Crippen LogP contribution is -2.06. The number of rotatable bonds is 4. The summed E-state index contributed by atoms with van der Waals surface area (Å²) in [7, 11) is 1.86. The van der Waals surface area contributed by atoms with E-state index in [2.05, 4.69) is 4.98 Å². The van der Waals surface area contributed by atoms with Gasteiger partial charge in [0.1, 0.15) is 17.9 Å². The number of nitrogens with zero attached hydrogens (tertiary/aromatic N) is 2. The van der Waals surface area contributed by atoms with Crippen LogP contribution < -0.4 is 4.74 Å². The van der Waals surface area contributed by atoms with Crippen LogP contribution in [0.4, 0.5) is 0 Å². The monoisotopic (exact) mass is 246 g/mol. The first-order valence-electron chi connectivity index (χ1n) is 5.50. The lowest BCUT2D eigenvalue weighted by atomic mass is 10.1. The fourth-order valence-corrected chi connectivity index (χ4v) is 1.68. The molecule has 1 N–H and O–H groups in total. The summed E-state index contributed by atoms with van der Waals surface area (Å²) in [4.78, 5) is 15.1. The van der Waals surface area contributed by atoms with Crippen molar-refractivity contribution in [3.63, 3.8) is 0 Å². The normalized spacial score (nSPS) is 10.3. The highest BCUT2D eigenvalue weighted by atomic mass is 16.5. The third-order valence-corrected chi connectivity index (χ3v) is 2.72. The van der Waals surface area contributed by atoms with Crippen molar-refractivity contribution >= 4 is 5.97 Å². The molecule has 2 aromatic rings. The molecule has 0 aliphatic carbocycles. The van der Waals surface area contributed by atoms with Crippen LogP contribution in [-0.2, 0) is 13.7 Å². The number of carboxylic acid groups (broad SMARTS) is 1. The number of aromatic nitrogens is 2. The van der Waals surface area contributed by atoms with E-state index in [4.69, 9.17) is 9.84 Å². The molecule has 0 spiro atoms. The smallest absolute Gasteiger partial charge is 0.339 e. The van der Waals surface area contributed by atoms with Crippen LogP contribution in [0.3, 0.4) is 0 Å². The van der Waals surface area contributed by atoms with Crippen molar-refractivity contribution in [3.8, 4) is 5.75 Å². The maximum Gasteiger partial charge on any atom is 0.339 e. The van der Waals surface area contributed by atoms with Crippen LogP contribution in [0.1, 0.15) is 21.6 Å². The van der Waals surface area contributed by atoms with E-state index in [-0.39, 0.29) is 5.56 Å². The van der Waals surface area contributed by atoms with Crippen LogP contribution in [0.5, 0.6) is 5.75 Å². The molecule has 0 saturated heterocycles. The zero-order chi connectivity index (χ0) is 13.1. The molecule has 1 aromatic carbocycles. The van der Waals surface area contributed by atoms with Crippen molar-refractivity contribution in [2.75, 3.05) is 0 Å². The Morgan fingerprint density at radius 3 is 2.89 bits per heavy atom. The molecule has 0 unspecified atom stereocenters. The average Bonchev–Trinajstić information content (AvgIpc) is 2.73. The maximum absolute atomic E-state index is 11.1. The van der Waals surface area contributed by atoms with Crippen molar-refractivity contribution in [1.29, 1.82) is 0 Å². The van der Waals surface area contributed by atoms with Gasteiger partial charge in [0.2, 0.25) is 0 Å². The summed E-state index contributed by atoms with van der Waals surface area (Å²) in [5, 5.41) is 9.10. The number of imidazole rings is 1. The second-order valence-electron chi connectivity index (χ2n) is 4.04. The van der Waals surface area contributed by atoms with Gasteiger partial charge in [-0.15, -0.1) is 0 Å². The number of hydrogen-bond acceptors (Lipinski definition) is 3. The van der Waals surface area contributed by atoms with Crippen LogP contribution in [0.2, 0.25) is 0 Å². The molecule has 2 rings (SSSR count). The molecule has 0 atom stereocenters. The second kappa shape index (κ2) is 4.91. The molecule has 5 nitrogen and oxygen atoms in total. The Kier molecular flexibility index (Phi) is 3.32. The molecule has 5 heteroatoms. The number of aryl methyl sites for hydroxylation is 2. The molecular weight excluding hydrogens is 232 g/mol. The van der Waals surface area contributed by atoms with Gasteiger partial charge >= 0.3 is 5.97 Å². The van der Waals surface area contributed by atoms with Gasteiger partial charge in [0, 0.05) is 7.05 Å². The Balaban J connectivity index is 2.24. The van der Waals surface area contributed by atoms with Crippen LogP contribution in [-0.4, -0.2) is 20.6 Å². The minimum Gasteiger partial charge on any atom is -0.486 e. The van der Waals surface area contributed by atoms with E-state index in [1.54, 1.807) is 18.6 Å². The summed E-state index contributed by atoms with van der Waals surface area (Å²) in [5.41, 5.74) is 1.86. The van der Waals surface area contributed by atoms with Crippen molar-refractivity contribution < 1.29 is 14.6 Å². The molecule has 18 heavy (non-hydrogen) atoms. The Bertz CT molecular complexity index is 575. The van der Waals surface area contributed by atoms with Crippen LogP contribution in [0, 0.1) is 6.92 Å². The zero-order valence-electron chi connectivity index (χ0n) is 10.3. The van der Waals surface area contributed by atoms with Crippen LogP contribution in [0.25, 0.3) is 0 Å². The third-order valence-electron chi connectivity index (χ3n) is 2.72. The van der Waals surface area contributed by atoms with Gasteiger partial charge in [-0.3, -0.25) is 0 Å². The summed E-state index contributed by atoms with van der Waals surface area (Å²) in [6, 6.07) is 5.06. The largest absolute Gasteiger partial charge is 0.486 e. The topological polar surface area (TPSA) is 64.3 Å². The lowest BCUT2D eigenvalue weighted by Gasteiger charge is -2.11. The van der Waals surface area contributed by atoms with E-state index < -0.39 is 5.97 Å². The summed E-state index contributed by atoms with van der Waals surface area (Å²) in [6.45, 7) is 2.12. The number of ether oxygens (including phenoxy) is 1. The van der Waals surface area contributed by atoms with Gasteiger partial charge in [-0.2, -0.15) is 0 Å². The second-order valence-corrected chi connectivity index (χ2v) is 4.04. The summed E-state index contributed by atoms with van der Waals surface area (Å²) < 4.78 is 7.44. The fourth-order valence-electron chi connectivity index (χ4n) is 1.68. The van der Waals surface area contributed by atoms with Gasteiger partial charge in [-0.1, -0.05) is 12.1 Å². The van der Waals surface area contributed by atoms with Crippen molar-refractivity contribution in [2.24, 2.45) is 7.05 Å². The summed E-state index contributed by atoms with van der Waals surface area (Å²) in [5.74, 6) is -0.579. The number of benzene rings is 1. The Labute approximate surface area is 105 Å².